The molecule has 0 saturated carbocycles. The van der Waals surface area contributed by atoms with Crippen molar-refractivity contribution in [3.63, 3.8) is 0 Å². The number of nitro benzene ring substituents is 1. The Morgan fingerprint density at radius 1 is 1.09 bits per heavy atom. The minimum Gasteiger partial charge on any atom is -0.484 e. The number of fused-ring (bicyclic) bond motifs is 1. The van der Waals surface area contributed by atoms with Gasteiger partial charge in [-0.3, -0.25) is 14.9 Å². The first-order valence-corrected chi connectivity index (χ1v) is 10.4. The number of carbonyl (C=O) groups is 1. The molecule has 0 bridgehead atoms. The maximum absolute atomic E-state index is 12.5. The first-order valence-electron chi connectivity index (χ1n) is 10.4. The second-order valence-electron chi connectivity index (χ2n) is 8.58. The fourth-order valence-corrected chi connectivity index (χ4v) is 3.31. The number of anilines is 1. The fraction of sp³-hybridized carbons (Fsp3) is 0.200. The van der Waals surface area contributed by atoms with Crippen LogP contribution in [0.25, 0.3) is 22.6 Å². The minimum atomic E-state index is -0.487. The molecule has 1 aromatic heterocycles. The summed E-state index contributed by atoms with van der Waals surface area (Å²) in [5, 5.41) is 13.8. The number of rotatable bonds is 6. The molecule has 1 heterocycles. The maximum atomic E-state index is 12.5. The van der Waals surface area contributed by atoms with Crippen molar-refractivity contribution >= 4 is 28.4 Å². The van der Waals surface area contributed by atoms with Crippen LogP contribution in [0.3, 0.4) is 0 Å². The first-order chi connectivity index (χ1) is 15.7. The number of nitrogens with zero attached hydrogens (tertiary/aromatic N) is 2. The van der Waals surface area contributed by atoms with E-state index in [0.29, 0.717) is 28.1 Å². The van der Waals surface area contributed by atoms with Crippen LogP contribution in [0.5, 0.6) is 5.75 Å². The molecule has 0 unspecified atom stereocenters. The number of para-hydroxylation sites is 1. The number of amides is 1. The van der Waals surface area contributed by atoms with E-state index >= 15 is 0 Å². The molecule has 33 heavy (non-hydrogen) atoms. The summed E-state index contributed by atoms with van der Waals surface area (Å²) in [7, 11) is 0. The number of ether oxygens (including phenoxy) is 1. The quantitative estimate of drug-likeness (QED) is 0.300. The van der Waals surface area contributed by atoms with Gasteiger partial charge >= 0.3 is 0 Å². The molecular weight excluding hydrogens is 422 g/mol. The summed E-state index contributed by atoms with van der Waals surface area (Å²) in [6, 6.07) is 18.9. The molecule has 0 aliphatic rings. The normalized spacial score (nSPS) is 11.4. The van der Waals surface area contributed by atoms with E-state index < -0.39 is 4.92 Å². The van der Waals surface area contributed by atoms with Gasteiger partial charge in [0.25, 0.3) is 11.6 Å². The van der Waals surface area contributed by atoms with Crippen LogP contribution in [0.15, 0.2) is 71.1 Å². The Morgan fingerprint density at radius 2 is 1.82 bits per heavy atom. The lowest BCUT2D eigenvalue weighted by Gasteiger charge is -2.19. The number of aromatic nitrogens is 1. The molecule has 0 spiro atoms. The molecule has 0 aliphatic heterocycles. The molecule has 4 aromatic rings. The second-order valence-corrected chi connectivity index (χ2v) is 8.58. The van der Waals surface area contributed by atoms with Gasteiger partial charge in [0.15, 0.2) is 12.2 Å². The summed E-state index contributed by atoms with van der Waals surface area (Å²) in [6.45, 7) is 6.23. The maximum Gasteiger partial charge on any atom is 0.271 e. The van der Waals surface area contributed by atoms with Crippen molar-refractivity contribution in [1.82, 2.24) is 4.98 Å². The van der Waals surface area contributed by atoms with E-state index in [0.717, 1.165) is 0 Å². The van der Waals surface area contributed by atoms with Crippen molar-refractivity contribution in [3.8, 4) is 17.2 Å². The number of hydrogen-bond donors (Lipinski definition) is 1. The molecule has 0 radical (unpaired) electrons. The van der Waals surface area contributed by atoms with Gasteiger partial charge in [0.1, 0.15) is 11.3 Å². The van der Waals surface area contributed by atoms with Crippen LogP contribution in [0.4, 0.5) is 11.4 Å². The summed E-state index contributed by atoms with van der Waals surface area (Å²) < 4.78 is 11.4. The van der Waals surface area contributed by atoms with Crippen molar-refractivity contribution in [2.45, 2.75) is 26.2 Å². The summed E-state index contributed by atoms with van der Waals surface area (Å²) >= 11 is 0. The number of carbonyl (C=O) groups excluding carboxylic acids is 1. The Bertz CT molecular complexity index is 1320. The lowest BCUT2D eigenvalue weighted by molar-refractivity contribution is -0.384. The van der Waals surface area contributed by atoms with Crippen LogP contribution in [0.2, 0.25) is 0 Å². The molecule has 168 valence electrons. The largest absolute Gasteiger partial charge is 0.484 e. The highest BCUT2D eigenvalue weighted by Crippen LogP contribution is 2.31. The Labute approximate surface area is 190 Å². The number of hydrogen-bond acceptors (Lipinski definition) is 6. The van der Waals surface area contributed by atoms with Gasteiger partial charge in [-0.05, 0) is 41.3 Å². The third-order valence-electron chi connectivity index (χ3n) is 5.10. The molecule has 0 saturated heterocycles. The predicted octanol–water partition coefficient (Wildman–Crippen LogP) is 5.72. The number of nitro groups is 1. The lowest BCUT2D eigenvalue weighted by Crippen LogP contribution is -2.20. The van der Waals surface area contributed by atoms with Crippen molar-refractivity contribution in [2.75, 3.05) is 11.9 Å². The van der Waals surface area contributed by atoms with Gasteiger partial charge in [0.2, 0.25) is 5.89 Å². The van der Waals surface area contributed by atoms with E-state index in [2.05, 4.69) is 31.1 Å². The van der Waals surface area contributed by atoms with Crippen LogP contribution < -0.4 is 10.1 Å². The van der Waals surface area contributed by atoms with Gasteiger partial charge in [-0.2, -0.15) is 0 Å². The molecule has 1 amide bonds. The fourth-order valence-electron chi connectivity index (χ4n) is 3.31. The highest BCUT2D eigenvalue weighted by atomic mass is 16.6. The van der Waals surface area contributed by atoms with E-state index in [1.54, 1.807) is 24.3 Å². The highest BCUT2D eigenvalue weighted by molar-refractivity contribution is 5.96. The van der Waals surface area contributed by atoms with Gasteiger partial charge in [-0.1, -0.05) is 45.0 Å². The van der Waals surface area contributed by atoms with Gasteiger partial charge in [0.05, 0.1) is 16.2 Å². The van der Waals surface area contributed by atoms with Crippen molar-refractivity contribution in [2.24, 2.45) is 0 Å². The number of benzene rings is 3. The van der Waals surface area contributed by atoms with Crippen LogP contribution in [0.1, 0.15) is 26.3 Å². The zero-order valence-corrected chi connectivity index (χ0v) is 18.5. The van der Waals surface area contributed by atoms with Crippen molar-refractivity contribution in [1.29, 1.82) is 0 Å². The van der Waals surface area contributed by atoms with Crippen LogP contribution >= 0.6 is 0 Å². The van der Waals surface area contributed by atoms with Crippen LogP contribution in [-0.4, -0.2) is 22.4 Å². The highest BCUT2D eigenvalue weighted by Gasteiger charge is 2.17. The average molecular weight is 445 g/mol. The molecule has 0 fully saturated rings. The summed E-state index contributed by atoms with van der Waals surface area (Å²) in [4.78, 5) is 27.4. The summed E-state index contributed by atoms with van der Waals surface area (Å²) in [6.07, 6.45) is 0. The van der Waals surface area contributed by atoms with Crippen molar-refractivity contribution in [3.05, 3.63) is 82.4 Å². The van der Waals surface area contributed by atoms with Crippen LogP contribution in [-0.2, 0) is 10.2 Å². The smallest absolute Gasteiger partial charge is 0.271 e. The average Bonchev–Trinajstić information content (AvgIpc) is 3.21. The number of non-ortho nitro benzene ring substituents is 1. The Kier molecular flexibility index (Phi) is 5.83. The number of nitrogens with one attached hydrogen (secondary N) is 1. The van der Waals surface area contributed by atoms with Crippen LogP contribution in [0, 0.1) is 10.1 Å². The van der Waals surface area contributed by atoms with Gasteiger partial charge in [-0.25, -0.2) is 4.98 Å². The second kappa shape index (κ2) is 8.74. The molecule has 8 heteroatoms. The SMILES string of the molecule is CC(C)(C)c1ccc(OCC(=O)Nc2ccccc2-c2nc3cc([N+](=O)[O-])ccc3o2)cc1. The number of oxazole rings is 1. The Morgan fingerprint density at radius 3 is 2.52 bits per heavy atom. The summed E-state index contributed by atoms with van der Waals surface area (Å²) in [5.74, 6) is 0.515. The van der Waals surface area contributed by atoms with E-state index in [-0.39, 0.29) is 29.5 Å². The third-order valence-corrected chi connectivity index (χ3v) is 5.10. The minimum absolute atomic E-state index is 0.0369. The topological polar surface area (TPSA) is 108 Å². The van der Waals surface area contributed by atoms with E-state index in [4.69, 9.17) is 9.15 Å². The standard InChI is InChI=1S/C25H23N3O5/c1-25(2,3)16-8-11-18(12-9-16)32-15-23(29)26-20-7-5-4-6-19(20)24-27-21-14-17(28(30)31)10-13-22(21)33-24/h4-14H,15H2,1-3H3,(H,26,29). The Hall–Kier alpha value is -4.20. The molecule has 0 aliphatic carbocycles. The molecule has 4 rings (SSSR count). The van der Waals surface area contributed by atoms with E-state index in [9.17, 15) is 14.9 Å². The van der Waals surface area contributed by atoms with Gasteiger partial charge in [0, 0.05) is 12.1 Å². The lowest BCUT2D eigenvalue weighted by atomic mass is 9.87. The monoisotopic (exact) mass is 445 g/mol. The molecule has 1 N–H and O–H groups in total. The van der Waals surface area contributed by atoms with E-state index in [1.165, 1.54) is 23.8 Å². The van der Waals surface area contributed by atoms with Crippen molar-refractivity contribution < 1.29 is 18.9 Å². The predicted molar refractivity (Wildman–Crippen MR) is 125 cm³/mol. The molecule has 0 atom stereocenters. The van der Waals surface area contributed by atoms with Gasteiger partial charge in [-0.15, -0.1) is 0 Å². The Balaban J connectivity index is 1.48. The molecular formula is C25H23N3O5. The molecule has 8 nitrogen and oxygen atoms in total. The summed E-state index contributed by atoms with van der Waals surface area (Å²) in [5.41, 5.74) is 2.97. The van der Waals surface area contributed by atoms with Gasteiger partial charge < -0.3 is 14.5 Å². The third kappa shape index (κ3) is 5.01. The first kappa shape index (κ1) is 22.0. The molecule has 3 aromatic carbocycles. The zero-order chi connectivity index (χ0) is 23.6. The zero-order valence-electron chi connectivity index (χ0n) is 18.5. The van der Waals surface area contributed by atoms with E-state index in [1.807, 2.05) is 24.3 Å².